The number of aromatic amines is 1. The van der Waals surface area contributed by atoms with Crippen LogP contribution >= 0.6 is 11.6 Å². The molecule has 0 radical (unpaired) electrons. The van der Waals surface area contributed by atoms with E-state index >= 15 is 0 Å². The zero-order valence-electron chi connectivity index (χ0n) is 12.9. The Kier molecular flexibility index (Phi) is 4.94. The van der Waals surface area contributed by atoms with Gasteiger partial charge in [-0.2, -0.15) is 0 Å². The first-order chi connectivity index (χ1) is 9.98. The molecule has 21 heavy (non-hydrogen) atoms. The van der Waals surface area contributed by atoms with E-state index in [1.165, 1.54) is 4.57 Å². The first-order valence-electron chi connectivity index (χ1n) is 7.65. The standard InChI is InChI=1S/C15H23ClN2O3/c1-4-11-12(16)17-14(20)18(13(11)19)10-7-8-21-15(5-2,6-3)9-10/h10H,4-9H2,1-3H3,(H,17,20). The molecular weight excluding hydrogens is 292 g/mol. The topological polar surface area (TPSA) is 64.1 Å². The molecule has 1 saturated heterocycles. The Bertz CT molecular complexity index is 616. The maximum absolute atomic E-state index is 12.5. The molecular formula is C15H23ClN2O3. The van der Waals surface area contributed by atoms with Crippen LogP contribution in [0.4, 0.5) is 0 Å². The van der Waals surface area contributed by atoms with Gasteiger partial charge in [0, 0.05) is 12.6 Å². The van der Waals surface area contributed by atoms with Gasteiger partial charge in [0.2, 0.25) is 0 Å². The lowest BCUT2D eigenvalue weighted by atomic mass is 9.86. The van der Waals surface area contributed by atoms with E-state index in [9.17, 15) is 9.59 Å². The largest absolute Gasteiger partial charge is 0.375 e. The molecule has 1 aliphatic rings. The van der Waals surface area contributed by atoms with E-state index in [-0.39, 0.29) is 22.4 Å². The molecule has 1 atom stereocenters. The van der Waals surface area contributed by atoms with Gasteiger partial charge in [-0.1, -0.05) is 32.4 Å². The van der Waals surface area contributed by atoms with E-state index in [4.69, 9.17) is 16.3 Å². The van der Waals surface area contributed by atoms with Crippen molar-refractivity contribution >= 4 is 11.6 Å². The molecule has 0 bridgehead atoms. The number of hydrogen-bond donors (Lipinski definition) is 1. The highest BCUT2D eigenvalue weighted by Gasteiger charge is 2.36. The number of aromatic nitrogens is 2. The predicted octanol–water partition coefficient (Wildman–Crippen LogP) is 2.66. The van der Waals surface area contributed by atoms with Crippen molar-refractivity contribution in [1.82, 2.24) is 9.55 Å². The zero-order chi connectivity index (χ0) is 15.6. The predicted molar refractivity (Wildman–Crippen MR) is 83.2 cm³/mol. The van der Waals surface area contributed by atoms with Gasteiger partial charge < -0.3 is 4.74 Å². The monoisotopic (exact) mass is 314 g/mol. The van der Waals surface area contributed by atoms with E-state index in [2.05, 4.69) is 18.8 Å². The smallest absolute Gasteiger partial charge is 0.329 e. The average Bonchev–Trinajstić information content (AvgIpc) is 2.47. The van der Waals surface area contributed by atoms with Crippen LogP contribution in [-0.4, -0.2) is 21.8 Å². The Hall–Kier alpha value is -1.07. The van der Waals surface area contributed by atoms with Gasteiger partial charge in [-0.3, -0.25) is 14.3 Å². The minimum absolute atomic E-state index is 0.127. The number of H-pyrrole nitrogens is 1. The van der Waals surface area contributed by atoms with Gasteiger partial charge in [0.05, 0.1) is 11.2 Å². The van der Waals surface area contributed by atoms with Crippen LogP contribution in [0, 0.1) is 0 Å². The van der Waals surface area contributed by atoms with Gasteiger partial charge in [-0.15, -0.1) is 0 Å². The molecule has 0 spiro atoms. The van der Waals surface area contributed by atoms with Crippen molar-refractivity contribution in [3.8, 4) is 0 Å². The summed E-state index contributed by atoms with van der Waals surface area (Å²) in [5.74, 6) is 0. The summed E-state index contributed by atoms with van der Waals surface area (Å²) >= 11 is 5.96. The van der Waals surface area contributed by atoms with Gasteiger partial charge in [0.25, 0.3) is 5.56 Å². The second kappa shape index (κ2) is 6.36. The van der Waals surface area contributed by atoms with Crippen molar-refractivity contribution in [2.75, 3.05) is 6.61 Å². The van der Waals surface area contributed by atoms with Crippen LogP contribution in [0.25, 0.3) is 0 Å². The molecule has 1 aromatic heterocycles. The summed E-state index contributed by atoms with van der Waals surface area (Å²) in [7, 11) is 0. The lowest BCUT2D eigenvalue weighted by molar-refractivity contribution is -0.0996. The second-order valence-electron chi connectivity index (χ2n) is 5.64. The lowest BCUT2D eigenvalue weighted by Gasteiger charge is -2.40. The minimum atomic E-state index is -0.421. The summed E-state index contributed by atoms with van der Waals surface area (Å²) < 4.78 is 7.26. The molecule has 2 heterocycles. The fourth-order valence-corrected chi connectivity index (χ4v) is 3.46. The van der Waals surface area contributed by atoms with Crippen LogP contribution in [0.2, 0.25) is 5.15 Å². The summed E-state index contributed by atoms with van der Waals surface area (Å²) in [6.45, 7) is 6.59. The van der Waals surface area contributed by atoms with Crippen molar-refractivity contribution < 1.29 is 4.74 Å². The van der Waals surface area contributed by atoms with Crippen LogP contribution < -0.4 is 11.2 Å². The third-order valence-electron chi connectivity index (χ3n) is 4.65. The van der Waals surface area contributed by atoms with E-state index in [1.807, 2.05) is 6.92 Å². The van der Waals surface area contributed by atoms with E-state index in [0.717, 1.165) is 12.8 Å². The van der Waals surface area contributed by atoms with Crippen LogP contribution in [0.15, 0.2) is 9.59 Å². The van der Waals surface area contributed by atoms with Crippen molar-refractivity contribution in [3.05, 3.63) is 31.6 Å². The molecule has 1 fully saturated rings. The maximum atomic E-state index is 12.5. The fraction of sp³-hybridized carbons (Fsp3) is 0.733. The van der Waals surface area contributed by atoms with Crippen LogP contribution in [0.5, 0.6) is 0 Å². The van der Waals surface area contributed by atoms with Crippen LogP contribution in [0.1, 0.15) is 58.1 Å². The molecule has 0 aliphatic carbocycles. The van der Waals surface area contributed by atoms with Gasteiger partial charge >= 0.3 is 5.69 Å². The number of hydrogen-bond acceptors (Lipinski definition) is 3. The van der Waals surface area contributed by atoms with E-state index in [1.54, 1.807) is 0 Å². The molecule has 5 nitrogen and oxygen atoms in total. The lowest BCUT2D eigenvalue weighted by Crippen LogP contribution is -2.46. The molecule has 1 aromatic rings. The van der Waals surface area contributed by atoms with E-state index < -0.39 is 5.69 Å². The quantitative estimate of drug-likeness (QED) is 0.869. The first-order valence-corrected chi connectivity index (χ1v) is 8.03. The summed E-state index contributed by atoms with van der Waals surface area (Å²) in [6, 6.07) is -0.127. The fourth-order valence-electron chi connectivity index (χ4n) is 3.16. The highest BCUT2D eigenvalue weighted by Crippen LogP contribution is 2.36. The molecule has 1 unspecified atom stereocenters. The number of ether oxygens (including phenoxy) is 1. The Labute approximate surface area is 129 Å². The van der Waals surface area contributed by atoms with Crippen LogP contribution in [-0.2, 0) is 11.2 Å². The first kappa shape index (κ1) is 16.3. The van der Waals surface area contributed by atoms with Crippen molar-refractivity contribution in [3.63, 3.8) is 0 Å². The third kappa shape index (κ3) is 2.94. The van der Waals surface area contributed by atoms with Crippen molar-refractivity contribution in [2.45, 2.75) is 64.5 Å². The third-order valence-corrected chi connectivity index (χ3v) is 4.97. The van der Waals surface area contributed by atoms with Gasteiger partial charge in [-0.05, 0) is 32.1 Å². The normalized spacial score (nSPS) is 21.4. The molecule has 0 saturated carbocycles. The van der Waals surface area contributed by atoms with Crippen molar-refractivity contribution in [2.24, 2.45) is 0 Å². The minimum Gasteiger partial charge on any atom is -0.375 e. The van der Waals surface area contributed by atoms with E-state index in [0.29, 0.717) is 31.4 Å². The molecule has 1 N–H and O–H groups in total. The molecule has 118 valence electrons. The maximum Gasteiger partial charge on any atom is 0.329 e. The highest BCUT2D eigenvalue weighted by atomic mass is 35.5. The van der Waals surface area contributed by atoms with Gasteiger partial charge in [-0.25, -0.2) is 4.79 Å². The Balaban J connectivity index is 2.47. The Morgan fingerprint density at radius 2 is 2.00 bits per heavy atom. The molecule has 6 heteroatoms. The summed E-state index contributed by atoms with van der Waals surface area (Å²) in [6.07, 6.45) is 3.62. The molecule has 2 rings (SSSR count). The molecule has 0 amide bonds. The second-order valence-corrected chi connectivity index (χ2v) is 6.01. The number of nitrogens with zero attached hydrogens (tertiary/aromatic N) is 1. The number of nitrogens with one attached hydrogen (secondary N) is 1. The average molecular weight is 315 g/mol. The van der Waals surface area contributed by atoms with Gasteiger partial charge in [0.15, 0.2) is 0 Å². The highest BCUT2D eigenvalue weighted by molar-refractivity contribution is 6.30. The summed E-state index contributed by atoms with van der Waals surface area (Å²) in [4.78, 5) is 27.3. The van der Waals surface area contributed by atoms with Gasteiger partial charge in [0.1, 0.15) is 5.15 Å². The molecule has 1 aliphatic heterocycles. The number of halogens is 1. The molecule has 0 aromatic carbocycles. The number of rotatable bonds is 4. The Morgan fingerprint density at radius 3 is 2.57 bits per heavy atom. The van der Waals surface area contributed by atoms with Crippen molar-refractivity contribution in [1.29, 1.82) is 0 Å². The van der Waals surface area contributed by atoms with Crippen LogP contribution in [0.3, 0.4) is 0 Å². The summed E-state index contributed by atoms with van der Waals surface area (Å²) in [5, 5.41) is 0.160. The summed E-state index contributed by atoms with van der Waals surface area (Å²) in [5.41, 5.74) is -0.448. The zero-order valence-corrected chi connectivity index (χ0v) is 13.6. The SMILES string of the molecule is CCc1c(Cl)[nH]c(=O)n(C2CCOC(CC)(CC)C2)c1=O. The Morgan fingerprint density at radius 1 is 1.33 bits per heavy atom.